The van der Waals surface area contributed by atoms with Crippen LogP contribution in [0.5, 0.6) is 0 Å². The Kier molecular flexibility index (Phi) is 3.82. The Morgan fingerprint density at radius 1 is 1.44 bits per heavy atom. The van der Waals surface area contributed by atoms with E-state index in [9.17, 15) is 4.39 Å². The van der Waals surface area contributed by atoms with Gasteiger partial charge in [0.25, 0.3) is 0 Å². The van der Waals surface area contributed by atoms with E-state index in [1.807, 2.05) is 0 Å². The van der Waals surface area contributed by atoms with Crippen molar-refractivity contribution in [1.29, 1.82) is 0 Å². The van der Waals surface area contributed by atoms with Crippen molar-refractivity contribution in [2.45, 2.75) is 38.8 Å². The molecule has 1 aliphatic carbocycles. The fraction of sp³-hybridized carbons (Fsp3) is 0.538. The van der Waals surface area contributed by atoms with E-state index in [-0.39, 0.29) is 5.82 Å². The Bertz CT molecular complexity index is 367. The second-order valence-corrected chi connectivity index (χ2v) is 5.17. The number of halogens is 2. The summed E-state index contributed by atoms with van der Waals surface area (Å²) in [7, 11) is 0. The minimum absolute atomic E-state index is 0.178. The first kappa shape index (κ1) is 11.9. The van der Waals surface area contributed by atoms with Crippen LogP contribution < -0.4 is 5.32 Å². The van der Waals surface area contributed by atoms with E-state index in [1.165, 1.54) is 25.3 Å². The third-order valence-corrected chi connectivity index (χ3v) is 3.52. The molecule has 1 aliphatic rings. The molecule has 88 valence electrons. The van der Waals surface area contributed by atoms with Crippen molar-refractivity contribution < 1.29 is 4.39 Å². The molecule has 0 aromatic heterocycles. The molecule has 2 rings (SSSR count). The van der Waals surface area contributed by atoms with Crippen molar-refractivity contribution in [2.24, 2.45) is 5.92 Å². The van der Waals surface area contributed by atoms with Crippen molar-refractivity contribution in [3.8, 4) is 0 Å². The number of nitrogens with one attached hydrogen (secondary N) is 1. The molecule has 0 spiro atoms. The molecule has 0 amide bonds. The Morgan fingerprint density at radius 2 is 2.25 bits per heavy atom. The van der Waals surface area contributed by atoms with E-state index < -0.39 is 0 Å². The van der Waals surface area contributed by atoms with E-state index >= 15 is 0 Å². The highest BCUT2D eigenvalue weighted by Crippen LogP contribution is 2.25. The summed E-state index contributed by atoms with van der Waals surface area (Å²) < 4.78 is 13.4. The van der Waals surface area contributed by atoms with E-state index in [2.05, 4.69) is 12.2 Å². The van der Waals surface area contributed by atoms with Gasteiger partial charge in [-0.1, -0.05) is 18.5 Å². The molecule has 0 heterocycles. The molecule has 16 heavy (non-hydrogen) atoms. The number of hydrogen-bond donors (Lipinski definition) is 1. The maximum Gasteiger partial charge on any atom is 0.127 e. The molecule has 2 unspecified atom stereocenters. The number of rotatable bonds is 3. The Hall–Kier alpha value is -0.600. The lowest BCUT2D eigenvalue weighted by molar-refractivity contribution is 0.492. The van der Waals surface area contributed by atoms with Gasteiger partial charge in [-0.3, -0.25) is 0 Å². The van der Waals surface area contributed by atoms with Crippen molar-refractivity contribution in [3.05, 3.63) is 34.6 Å². The molecule has 0 saturated heterocycles. The Balaban J connectivity index is 1.91. The lowest BCUT2D eigenvalue weighted by Crippen LogP contribution is -2.26. The number of benzene rings is 1. The quantitative estimate of drug-likeness (QED) is 0.850. The number of hydrogen-bond acceptors (Lipinski definition) is 1. The van der Waals surface area contributed by atoms with Crippen LogP contribution in [-0.2, 0) is 6.54 Å². The third-order valence-electron chi connectivity index (χ3n) is 3.28. The predicted octanol–water partition coefficient (Wildman–Crippen LogP) is 3.76. The second-order valence-electron chi connectivity index (χ2n) is 4.73. The van der Waals surface area contributed by atoms with Crippen LogP contribution in [-0.4, -0.2) is 6.04 Å². The summed E-state index contributed by atoms with van der Waals surface area (Å²) in [4.78, 5) is 0. The first-order valence-corrected chi connectivity index (χ1v) is 6.20. The van der Waals surface area contributed by atoms with Crippen molar-refractivity contribution in [3.63, 3.8) is 0 Å². The van der Waals surface area contributed by atoms with Crippen LogP contribution >= 0.6 is 11.6 Å². The van der Waals surface area contributed by atoms with Crippen LogP contribution in [0.3, 0.4) is 0 Å². The van der Waals surface area contributed by atoms with Gasteiger partial charge in [0.1, 0.15) is 5.82 Å². The van der Waals surface area contributed by atoms with Crippen LogP contribution in [0.2, 0.25) is 5.02 Å². The molecule has 3 heteroatoms. The first-order chi connectivity index (χ1) is 7.65. The maximum atomic E-state index is 13.4. The second kappa shape index (κ2) is 5.15. The van der Waals surface area contributed by atoms with Gasteiger partial charge in [0, 0.05) is 23.2 Å². The van der Waals surface area contributed by atoms with Gasteiger partial charge in [-0.25, -0.2) is 4.39 Å². The van der Waals surface area contributed by atoms with Gasteiger partial charge >= 0.3 is 0 Å². The summed E-state index contributed by atoms with van der Waals surface area (Å²) in [5.74, 6) is 0.615. The van der Waals surface area contributed by atoms with Crippen molar-refractivity contribution in [2.75, 3.05) is 0 Å². The highest BCUT2D eigenvalue weighted by Gasteiger charge is 2.20. The topological polar surface area (TPSA) is 12.0 Å². The SMILES string of the molecule is CC1CCC(NCc2cc(Cl)ccc2F)C1. The van der Waals surface area contributed by atoms with Crippen molar-refractivity contribution in [1.82, 2.24) is 5.32 Å². The maximum absolute atomic E-state index is 13.4. The highest BCUT2D eigenvalue weighted by atomic mass is 35.5. The zero-order valence-electron chi connectivity index (χ0n) is 9.47. The van der Waals surface area contributed by atoms with Gasteiger partial charge in [-0.2, -0.15) is 0 Å². The molecular weight excluding hydrogens is 225 g/mol. The smallest absolute Gasteiger partial charge is 0.127 e. The summed E-state index contributed by atoms with van der Waals surface area (Å²) in [5, 5.41) is 3.99. The fourth-order valence-electron chi connectivity index (χ4n) is 2.33. The monoisotopic (exact) mass is 241 g/mol. The van der Waals surface area contributed by atoms with Gasteiger partial charge < -0.3 is 5.32 Å². The van der Waals surface area contributed by atoms with Gasteiger partial charge in [-0.05, 0) is 43.4 Å². The minimum Gasteiger partial charge on any atom is -0.310 e. The normalized spacial score (nSPS) is 24.9. The lowest BCUT2D eigenvalue weighted by Gasteiger charge is -2.12. The van der Waals surface area contributed by atoms with Gasteiger partial charge in [0.05, 0.1) is 0 Å². The molecule has 1 aromatic carbocycles. The molecule has 1 saturated carbocycles. The first-order valence-electron chi connectivity index (χ1n) is 5.82. The highest BCUT2D eigenvalue weighted by molar-refractivity contribution is 6.30. The lowest BCUT2D eigenvalue weighted by atomic mass is 10.1. The zero-order valence-corrected chi connectivity index (χ0v) is 10.2. The predicted molar refractivity (Wildman–Crippen MR) is 65.1 cm³/mol. The van der Waals surface area contributed by atoms with Crippen molar-refractivity contribution >= 4 is 11.6 Å². The van der Waals surface area contributed by atoms with Crippen LogP contribution in [0, 0.1) is 11.7 Å². The Morgan fingerprint density at radius 3 is 2.94 bits per heavy atom. The molecule has 1 N–H and O–H groups in total. The summed E-state index contributed by atoms with van der Waals surface area (Å²) in [6, 6.07) is 5.24. The summed E-state index contributed by atoms with van der Waals surface area (Å²) in [5.41, 5.74) is 0.659. The standard InChI is InChI=1S/C13H17ClFN/c1-9-2-4-12(6-9)16-8-10-7-11(14)3-5-13(10)15/h3,5,7,9,12,16H,2,4,6,8H2,1H3. The van der Waals surface area contributed by atoms with Gasteiger partial charge in [0.2, 0.25) is 0 Å². The largest absolute Gasteiger partial charge is 0.310 e. The van der Waals surface area contributed by atoms with E-state index in [4.69, 9.17) is 11.6 Å². The van der Waals surface area contributed by atoms with Gasteiger partial charge in [0.15, 0.2) is 0 Å². The zero-order chi connectivity index (χ0) is 11.5. The van der Waals surface area contributed by atoms with E-state index in [1.54, 1.807) is 12.1 Å². The molecule has 2 atom stereocenters. The average molecular weight is 242 g/mol. The molecule has 1 fully saturated rings. The van der Waals surface area contributed by atoms with E-state index in [0.29, 0.717) is 23.2 Å². The molecule has 1 aromatic rings. The Labute approximate surface area is 101 Å². The van der Waals surface area contributed by atoms with Gasteiger partial charge in [-0.15, -0.1) is 0 Å². The fourth-order valence-corrected chi connectivity index (χ4v) is 2.52. The summed E-state index contributed by atoms with van der Waals surface area (Å²) in [6.07, 6.45) is 3.67. The van der Waals surface area contributed by atoms with Crippen LogP contribution in [0.4, 0.5) is 4.39 Å². The van der Waals surface area contributed by atoms with Crippen LogP contribution in [0.1, 0.15) is 31.7 Å². The third kappa shape index (κ3) is 2.96. The van der Waals surface area contributed by atoms with E-state index in [0.717, 1.165) is 5.92 Å². The molecule has 0 bridgehead atoms. The van der Waals surface area contributed by atoms with Crippen LogP contribution in [0.15, 0.2) is 18.2 Å². The summed E-state index contributed by atoms with van der Waals surface area (Å²) in [6.45, 7) is 2.84. The molecule has 0 aliphatic heterocycles. The minimum atomic E-state index is -0.178. The molecule has 0 radical (unpaired) electrons. The summed E-state index contributed by atoms with van der Waals surface area (Å²) >= 11 is 5.84. The van der Waals surface area contributed by atoms with Crippen LogP contribution in [0.25, 0.3) is 0 Å². The molecule has 1 nitrogen and oxygen atoms in total. The average Bonchev–Trinajstić information content (AvgIpc) is 2.66. The molecular formula is C13H17ClFN.